The van der Waals surface area contributed by atoms with E-state index in [1.165, 1.54) is 9.08 Å². The molecule has 0 saturated carbocycles. The highest BCUT2D eigenvalue weighted by Crippen LogP contribution is 1.99. The van der Waals surface area contributed by atoms with Crippen molar-refractivity contribution in [2.75, 3.05) is 0 Å². The van der Waals surface area contributed by atoms with Crippen molar-refractivity contribution in [1.29, 1.82) is 0 Å². The second-order valence-corrected chi connectivity index (χ2v) is 3.96. The summed E-state index contributed by atoms with van der Waals surface area (Å²) in [6.07, 6.45) is 3.42. The lowest BCUT2D eigenvalue weighted by Gasteiger charge is -1.99. The van der Waals surface area contributed by atoms with Crippen LogP contribution in [-0.4, -0.2) is 20.1 Å². The predicted molar refractivity (Wildman–Crippen MR) is 65.6 cm³/mol. The number of carbonyl (C=O) groups is 1. The smallest absolute Gasteiger partial charge is 0.294 e. The summed E-state index contributed by atoms with van der Waals surface area (Å²) in [7, 11) is 0. The van der Waals surface area contributed by atoms with Crippen molar-refractivity contribution in [3.8, 4) is 0 Å². The molecular formula is C11H15N5O2. The second-order valence-electron chi connectivity index (χ2n) is 3.96. The van der Waals surface area contributed by atoms with Gasteiger partial charge in [-0.05, 0) is 25.0 Å². The molecule has 7 heteroatoms. The number of unbranched alkanes of at least 4 members (excludes halogenated alkanes) is 1. The van der Waals surface area contributed by atoms with Gasteiger partial charge in [-0.2, -0.15) is 0 Å². The molecular weight excluding hydrogens is 234 g/mol. The van der Waals surface area contributed by atoms with Gasteiger partial charge in [0.1, 0.15) is 0 Å². The molecule has 0 bridgehead atoms. The third-order valence-corrected chi connectivity index (χ3v) is 2.67. The lowest BCUT2D eigenvalue weighted by Crippen LogP contribution is -2.29. The average molecular weight is 249 g/mol. The van der Waals surface area contributed by atoms with Gasteiger partial charge in [-0.1, -0.05) is 6.07 Å². The molecule has 3 N–H and O–H groups in total. The standard InChI is InChI=1S/C11H15N5O2/c12-13-10(17)6-2-4-8-16-11(18)15-7-3-1-5-9(15)14-16/h1,3,5,7H,2,4,6,8,12H2,(H,13,17). The summed E-state index contributed by atoms with van der Waals surface area (Å²) in [5.74, 6) is 4.77. The third-order valence-electron chi connectivity index (χ3n) is 2.67. The van der Waals surface area contributed by atoms with E-state index in [1.54, 1.807) is 18.3 Å². The summed E-state index contributed by atoms with van der Waals surface area (Å²) in [6, 6.07) is 5.39. The maximum atomic E-state index is 11.9. The van der Waals surface area contributed by atoms with E-state index in [4.69, 9.17) is 5.84 Å². The molecule has 0 spiro atoms. The number of nitrogens with one attached hydrogen (secondary N) is 1. The largest absolute Gasteiger partial charge is 0.350 e. The number of hydrogen-bond donors (Lipinski definition) is 2. The van der Waals surface area contributed by atoms with Gasteiger partial charge in [0.05, 0.1) is 0 Å². The molecule has 2 rings (SSSR count). The third kappa shape index (κ3) is 2.57. The molecule has 1 amide bonds. The molecule has 0 aliphatic rings. The number of amides is 1. The Kier molecular flexibility index (Phi) is 3.73. The van der Waals surface area contributed by atoms with Gasteiger partial charge in [0, 0.05) is 19.2 Å². The molecule has 0 unspecified atom stereocenters. The fourth-order valence-electron chi connectivity index (χ4n) is 1.73. The minimum atomic E-state index is -0.197. The normalized spacial score (nSPS) is 10.7. The van der Waals surface area contributed by atoms with E-state index in [0.717, 1.165) is 0 Å². The monoisotopic (exact) mass is 249 g/mol. The summed E-state index contributed by atoms with van der Waals surface area (Å²) < 4.78 is 2.91. The first kappa shape index (κ1) is 12.3. The summed E-state index contributed by atoms with van der Waals surface area (Å²) in [5, 5.41) is 4.19. The van der Waals surface area contributed by atoms with Crippen molar-refractivity contribution in [2.24, 2.45) is 5.84 Å². The van der Waals surface area contributed by atoms with Gasteiger partial charge in [0.2, 0.25) is 5.91 Å². The minimum Gasteiger partial charge on any atom is -0.294 e. The topological polar surface area (TPSA) is 94.4 Å². The number of rotatable bonds is 5. The van der Waals surface area contributed by atoms with Crippen LogP contribution >= 0.6 is 0 Å². The molecule has 0 aromatic carbocycles. The van der Waals surface area contributed by atoms with Gasteiger partial charge in [-0.15, -0.1) is 5.10 Å². The molecule has 96 valence electrons. The van der Waals surface area contributed by atoms with E-state index in [0.29, 0.717) is 31.5 Å². The van der Waals surface area contributed by atoms with E-state index in [1.807, 2.05) is 6.07 Å². The van der Waals surface area contributed by atoms with Gasteiger partial charge < -0.3 is 0 Å². The van der Waals surface area contributed by atoms with Crippen LogP contribution in [0.2, 0.25) is 0 Å². The number of nitrogens with two attached hydrogens (primary N) is 1. The van der Waals surface area contributed by atoms with Gasteiger partial charge in [-0.3, -0.25) is 14.6 Å². The summed E-state index contributed by atoms with van der Waals surface area (Å²) in [6.45, 7) is 0.498. The van der Waals surface area contributed by atoms with Gasteiger partial charge >= 0.3 is 5.69 Å². The zero-order valence-electron chi connectivity index (χ0n) is 9.87. The SMILES string of the molecule is NNC(=O)CCCCn1nc2ccccn2c1=O. The van der Waals surface area contributed by atoms with Crippen LogP contribution in [0.1, 0.15) is 19.3 Å². The van der Waals surface area contributed by atoms with Crippen molar-refractivity contribution < 1.29 is 4.79 Å². The molecule has 0 radical (unpaired) electrons. The zero-order valence-corrected chi connectivity index (χ0v) is 9.87. The Morgan fingerprint density at radius 1 is 1.39 bits per heavy atom. The van der Waals surface area contributed by atoms with Crippen LogP contribution in [0.3, 0.4) is 0 Å². The molecule has 7 nitrogen and oxygen atoms in total. The van der Waals surface area contributed by atoms with Crippen LogP contribution in [0, 0.1) is 0 Å². The quantitative estimate of drug-likeness (QED) is 0.328. The highest BCUT2D eigenvalue weighted by Gasteiger charge is 2.05. The molecule has 18 heavy (non-hydrogen) atoms. The second kappa shape index (κ2) is 5.46. The predicted octanol–water partition coefficient (Wildman–Crippen LogP) is -0.344. The maximum Gasteiger partial charge on any atom is 0.350 e. The van der Waals surface area contributed by atoms with Gasteiger partial charge in [0.15, 0.2) is 5.65 Å². The Labute approximate surface area is 103 Å². The van der Waals surface area contributed by atoms with Crippen molar-refractivity contribution >= 4 is 11.6 Å². The molecule has 0 aliphatic heterocycles. The van der Waals surface area contributed by atoms with Crippen molar-refractivity contribution in [3.63, 3.8) is 0 Å². The Morgan fingerprint density at radius 2 is 2.22 bits per heavy atom. The average Bonchev–Trinajstić information content (AvgIpc) is 2.72. The van der Waals surface area contributed by atoms with Crippen LogP contribution < -0.4 is 17.0 Å². The number of hydrogen-bond acceptors (Lipinski definition) is 4. The highest BCUT2D eigenvalue weighted by molar-refractivity contribution is 5.75. The fraction of sp³-hybridized carbons (Fsp3) is 0.364. The first-order valence-electron chi connectivity index (χ1n) is 5.76. The fourth-order valence-corrected chi connectivity index (χ4v) is 1.73. The Hall–Kier alpha value is -2.15. The molecule has 2 heterocycles. The lowest BCUT2D eigenvalue weighted by molar-refractivity contribution is -0.121. The van der Waals surface area contributed by atoms with Crippen LogP contribution in [0.4, 0.5) is 0 Å². The molecule has 2 aromatic heterocycles. The summed E-state index contributed by atoms with van der Waals surface area (Å²) >= 11 is 0. The number of pyridine rings is 1. The van der Waals surface area contributed by atoms with Crippen LogP contribution in [0.25, 0.3) is 5.65 Å². The highest BCUT2D eigenvalue weighted by atomic mass is 16.2. The van der Waals surface area contributed by atoms with E-state index in [2.05, 4.69) is 10.5 Å². The van der Waals surface area contributed by atoms with Gasteiger partial charge in [-0.25, -0.2) is 15.3 Å². The number of carbonyl (C=O) groups excluding carboxylic acids is 1. The van der Waals surface area contributed by atoms with Crippen LogP contribution in [-0.2, 0) is 11.3 Å². The van der Waals surface area contributed by atoms with E-state index < -0.39 is 0 Å². The Bertz CT molecular complexity index is 601. The van der Waals surface area contributed by atoms with Crippen molar-refractivity contribution in [2.45, 2.75) is 25.8 Å². The van der Waals surface area contributed by atoms with Gasteiger partial charge in [0.25, 0.3) is 0 Å². The molecule has 0 aliphatic carbocycles. The Balaban J connectivity index is 1.98. The summed E-state index contributed by atoms with van der Waals surface area (Å²) in [4.78, 5) is 22.8. The zero-order chi connectivity index (χ0) is 13.0. The first-order chi connectivity index (χ1) is 8.72. The molecule has 0 fully saturated rings. The number of aryl methyl sites for hydroxylation is 1. The summed E-state index contributed by atoms with van der Waals surface area (Å²) in [5.41, 5.74) is 2.54. The number of aromatic nitrogens is 3. The molecule has 0 atom stereocenters. The first-order valence-corrected chi connectivity index (χ1v) is 5.76. The lowest BCUT2D eigenvalue weighted by atomic mass is 10.2. The number of hydrazine groups is 1. The molecule has 2 aromatic rings. The molecule has 0 saturated heterocycles. The van der Waals surface area contributed by atoms with E-state index in [-0.39, 0.29) is 11.6 Å². The van der Waals surface area contributed by atoms with Crippen molar-refractivity contribution in [3.05, 3.63) is 34.9 Å². The maximum absolute atomic E-state index is 11.9. The van der Waals surface area contributed by atoms with Crippen LogP contribution in [0.15, 0.2) is 29.2 Å². The van der Waals surface area contributed by atoms with E-state index in [9.17, 15) is 9.59 Å². The number of fused-ring (bicyclic) bond motifs is 1. The minimum absolute atomic E-state index is 0.158. The Morgan fingerprint density at radius 3 is 2.94 bits per heavy atom. The van der Waals surface area contributed by atoms with Crippen molar-refractivity contribution in [1.82, 2.24) is 19.6 Å². The van der Waals surface area contributed by atoms with E-state index >= 15 is 0 Å². The van der Waals surface area contributed by atoms with Crippen LogP contribution in [0.5, 0.6) is 0 Å². The number of nitrogens with zero attached hydrogens (tertiary/aromatic N) is 3.